The fourth-order valence-electron chi connectivity index (χ4n) is 1.98. The third kappa shape index (κ3) is 2.37. The maximum absolute atomic E-state index is 5.96. The number of imidazole rings is 1. The van der Waals surface area contributed by atoms with Gasteiger partial charge in [-0.2, -0.15) is 4.98 Å². The predicted molar refractivity (Wildman–Crippen MR) is 75.1 cm³/mol. The van der Waals surface area contributed by atoms with E-state index in [1.165, 1.54) is 0 Å². The molecule has 0 aliphatic heterocycles. The van der Waals surface area contributed by atoms with Crippen LogP contribution < -0.4 is 0 Å². The van der Waals surface area contributed by atoms with Gasteiger partial charge in [-0.15, -0.1) is 11.6 Å². The van der Waals surface area contributed by atoms with Crippen LogP contribution in [0.1, 0.15) is 17.5 Å². The first-order valence-corrected chi connectivity index (χ1v) is 7.00. The van der Waals surface area contributed by atoms with E-state index in [9.17, 15) is 0 Å². The molecule has 0 spiro atoms. The molecule has 0 amide bonds. The van der Waals surface area contributed by atoms with Gasteiger partial charge in [0.25, 0.3) is 0 Å². The summed E-state index contributed by atoms with van der Waals surface area (Å²) in [5, 5.41) is 3.90. The van der Waals surface area contributed by atoms with Crippen LogP contribution in [-0.2, 0) is 12.4 Å². The van der Waals surface area contributed by atoms with Crippen LogP contribution in [0.3, 0.4) is 0 Å². The first kappa shape index (κ1) is 12.6. The average molecular weight is 342 g/mol. The van der Waals surface area contributed by atoms with Crippen molar-refractivity contribution in [3.05, 3.63) is 40.2 Å². The van der Waals surface area contributed by atoms with Crippen molar-refractivity contribution >= 4 is 38.6 Å². The number of hydrogen-bond donors (Lipinski definition) is 0. The minimum atomic E-state index is 0.336. The molecule has 0 radical (unpaired) electrons. The van der Waals surface area contributed by atoms with Gasteiger partial charge in [0.05, 0.1) is 23.5 Å². The summed E-state index contributed by atoms with van der Waals surface area (Å²) in [6.45, 7) is 2.26. The Labute approximate surface area is 122 Å². The summed E-state index contributed by atoms with van der Waals surface area (Å²) in [4.78, 5) is 8.72. The normalized spacial score (nSPS) is 11.3. The number of alkyl halides is 1. The van der Waals surface area contributed by atoms with Gasteiger partial charge in [-0.3, -0.25) is 0 Å². The Kier molecular flexibility index (Phi) is 3.28. The molecule has 0 unspecified atom stereocenters. The van der Waals surface area contributed by atoms with E-state index < -0.39 is 0 Å². The molecular weight excluding hydrogens is 332 g/mol. The van der Waals surface area contributed by atoms with Crippen LogP contribution in [0.4, 0.5) is 0 Å². The molecular formula is C12H10BrClN4O. The standard InChI is InChI=1S/C12H10BrClN4O/c1-7-15-11(17-19-7)6-18-10-3-2-8(13)4-9(10)16-12(18)5-14/h2-4H,5-6H2,1H3. The summed E-state index contributed by atoms with van der Waals surface area (Å²) in [6.07, 6.45) is 0. The van der Waals surface area contributed by atoms with E-state index in [0.29, 0.717) is 24.1 Å². The fourth-order valence-corrected chi connectivity index (χ4v) is 2.53. The second kappa shape index (κ2) is 4.94. The van der Waals surface area contributed by atoms with Gasteiger partial charge in [-0.1, -0.05) is 21.1 Å². The van der Waals surface area contributed by atoms with Gasteiger partial charge >= 0.3 is 0 Å². The van der Waals surface area contributed by atoms with Gasteiger partial charge in [-0.25, -0.2) is 4.98 Å². The van der Waals surface area contributed by atoms with Crippen LogP contribution in [0.15, 0.2) is 27.2 Å². The van der Waals surface area contributed by atoms with E-state index >= 15 is 0 Å². The van der Waals surface area contributed by atoms with Gasteiger partial charge in [0.2, 0.25) is 5.89 Å². The van der Waals surface area contributed by atoms with Crippen molar-refractivity contribution in [1.29, 1.82) is 0 Å². The minimum Gasteiger partial charge on any atom is -0.340 e. The summed E-state index contributed by atoms with van der Waals surface area (Å²) in [6, 6.07) is 5.93. The van der Waals surface area contributed by atoms with E-state index in [2.05, 4.69) is 31.1 Å². The molecule has 0 atom stereocenters. The molecule has 7 heteroatoms. The number of halogens is 2. The molecule has 0 aliphatic rings. The molecule has 19 heavy (non-hydrogen) atoms. The topological polar surface area (TPSA) is 56.7 Å². The highest BCUT2D eigenvalue weighted by Gasteiger charge is 2.13. The highest BCUT2D eigenvalue weighted by atomic mass is 79.9. The summed E-state index contributed by atoms with van der Waals surface area (Å²) in [5.41, 5.74) is 1.89. The van der Waals surface area contributed by atoms with Gasteiger partial charge in [0.15, 0.2) is 5.82 Å². The Hall–Kier alpha value is -1.40. The number of hydrogen-bond acceptors (Lipinski definition) is 4. The van der Waals surface area contributed by atoms with E-state index in [-0.39, 0.29) is 0 Å². The smallest absolute Gasteiger partial charge is 0.223 e. The molecule has 0 N–H and O–H groups in total. The Balaban J connectivity index is 2.10. The second-order valence-corrected chi connectivity index (χ2v) is 5.29. The van der Waals surface area contributed by atoms with Crippen molar-refractivity contribution in [2.75, 3.05) is 0 Å². The first-order valence-electron chi connectivity index (χ1n) is 5.67. The van der Waals surface area contributed by atoms with Crippen LogP contribution in [0.25, 0.3) is 11.0 Å². The van der Waals surface area contributed by atoms with Crippen molar-refractivity contribution in [2.24, 2.45) is 0 Å². The molecule has 0 fully saturated rings. The van der Waals surface area contributed by atoms with Crippen LogP contribution in [0.2, 0.25) is 0 Å². The highest BCUT2D eigenvalue weighted by molar-refractivity contribution is 9.10. The molecule has 2 heterocycles. The monoisotopic (exact) mass is 340 g/mol. The van der Waals surface area contributed by atoms with Crippen LogP contribution in [0.5, 0.6) is 0 Å². The number of benzene rings is 1. The average Bonchev–Trinajstić information content (AvgIpc) is 2.94. The molecule has 3 aromatic rings. The first-order chi connectivity index (χ1) is 9.17. The summed E-state index contributed by atoms with van der Waals surface area (Å²) in [5.74, 6) is 2.29. The van der Waals surface area contributed by atoms with E-state index in [4.69, 9.17) is 16.1 Å². The quantitative estimate of drug-likeness (QED) is 0.686. The lowest BCUT2D eigenvalue weighted by Crippen LogP contribution is -2.05. The lowest BCUT2D eigenvalue weighted by atomic mass is 10.3. The summed E-state index contributed by atoms with van der Waals surface area (Å²) < 4.78 is 7.97. The van der Waals surface area contributed by atoms with Crippen LogP contribution >= 0.6 is 27.5 Å². The van der Waals surface area contributed by atoms with Crippen molar-refractivity contribution < 1.29 is 4.52 Å². The molecule has 1 aromatic carbocycles. The minimum absolute atomic E-state index is 0.336. The number of nitrogens with zero attached hydrogens (tertiary/aromatic N) is 4. The molecule has 98 valence electrons. The Morgan fingerprint density at radius 1 is 1.37 bits per heavy atom. The zero-order valence-electron chi connectivity index (χ0n) is 10.1. The molecule has 3 rings (SSSR count). The largest absolute Gasteiger partial charge is 0.340 e. The third-order valence-electron chi connectivity index (χ3n) is 2.78. The van der Waals surface area contributed by atoms with Crippen LogP contribution in [-0.4, -0.2) is 19.7 Å². The number of aromatic nitrogens is 4. The van der Waals surface area contributed by atoms with Crippen molar-refractivity contribution in [3.63, 3.8) is 0 Å². The van der Waals surface area contributed by atoms with E-state index in [0.717, 1.165) is 21.3 Å². The zero-order chi connectivity index (χ0) is 13.4. The molecule has 0 bridgehead atoms. The molecule has 2 aromatic heterocycles. The van der Waals surface area contributed by atoms with Crippen LogP contribution in [0, 0.1) is 6.92 Å². The predicted octanol–water partition coefficient (Wildman–Crippen LogP) is 3.28. The summed E-state index contributed by atoms with van der Waals surface area (Å²) >= 11 is 9.39. The molecule has 5 nitrogen and oxygen atoms in total. The van der Waals surface area contributed by atoms with Gasteiger partial charge in [0, 0.05) is 11.4 Å². The third-order valence-corrected chi connectivity index (χ3v) is 3.51. The van der Waals surface area contributed by atoms with Crippen molar-refractivity contribution in [1.82, 2.24) is 19.7 Å². The van der Waals surface area contributed by atoms with Crippen molar-refractivity contribution in [2.45, 2.75) is 19.3 Å². The van der Waals surface area contributed by atoms with E-state index in [1.807, 2.05) is 22.8 Å². The van der Waals surface area contributed by atoms with Gasteiger partial charge < -0.3 is 9.09 Å². The SMILES string of the molecule is Cc1nc(Cn2c(CCl)nc3cc(Br)ccc32)no1. The lowest BCUT2D eigenvalue weighted by Gasteiger charge is -2.04. The van der Waals surface area contributed by atoms with Crippen molar-refractivity contribution in [3.8, 4) is 0 Å². The highest BCUT2D eigenvalue weighted by Crippen LogP contribution is 2.22. The van der Waals surface area contributed by atoms with Gasteiger partial charge in [0.1, 0.15) is 5.82 Å². The maximum atomic E-state index is 5.96. The Morgan fingerprint density at radius 2 is 2.21 bits per heavy atom. The fraction of sp³-hybridized carbons (Fsp3) is 0.250. The Bertz CT molecular complexity index is 736. The maximum Gasteiger partial charge on any atom is 0.223 e. The zero-order valence-corrected chi connectivity index (χ0v) is 12.4. The number of fused-ring (bicyclic) bond motifs is 1. The molecule has 0 saturated carbocycles. The lowest BCUT2D eigenvalue weighted by molar-refractivity contribution is 0.386. The molecule has 0 saturated heterocycles. The second-order valence-electron chi connectivity index (χ2n) is 4.11. The number of aryl methyl sites for hydroxylation is 1. The van der Waals surface area contributed by atoms with E-state index in [1.54, 1.807) is 6.92 Å². The summed E-state index contributed by atoms with van der Waals surface area (Å²) in [7, 11) is 0. The number of rotatable bonds is 3. The van der Waals surface area contributed by atoms with Gasteiger partial charge in [-0.05, 0) is 18.2 Å². The molecule has 0 aliphatic carbocycles. The Morgan fingerprint density at radius 3 is 2.89 bits per heavy atom.